The highest BCUT2D eigenvalue weighted by atomic mass is 32.1. The molecular formula is C19H21N3O2S2. The Bertz CT molecular complexity index is 849. The first-order chi connectivity index (χ1) is 12.3. The first-order valence-electron chi connectivity index (χ1n) is 8.17. The van der Waals surface area contributed by atoms with Crippen LogP contribution in [0, 0.1) is 31.1 Å². The second-order valence-electron chi connectivity index (χ2n) is 6.24. The van der Waals surface area contributed by atoms with Gasteiger partial charge >= 0.3 is 0 Å². The van der Waals surface area contributed by atoms with Crippen LogP contribution in [0.5, 0.6) is 5.75 Å². The molecule has 1 heterocycles. The maximum absolute atomic E-state index is 12.3. The Morgan fingerprint density at radius 3 is 2.54 bits per heavy atom. The fourth-order valence-electron chi connectivity index (χ4n) is 2.12. The lowest BCUT2D eigenvalue weighted by Crippen LogP contribution is -2.34. The van der Waals surface area contributed by atoms with E-state index in [1.54, 1.807) is 24.3 Å². The third kappa shape index (κ3) is 5.04. The Hall–Kier alpha value is -2.43. The van der Waals surface area contributed by atoms with Crippen LogP contribution in [0.1, 0.15) is 40.2 Å². The molecule has 2 N–H and O–H groups in total. The predicted octanol–water partition coefficient (Wildman–Crippen LogP) is 4.40. The Labute approximate surface area is 163 Å². The van der Waals surface area contributed by atoms with Crippen LogP contribution in [0.4, 0.5) is 5.00 Å². The first-order valence-corrected chi connectivity index (χ1v) is 9.39. The minimum absolute atomic E-state index is 0.160. The molecule has 5 nitrogen and oxygen atoms in total. The normalized spacial score (nSPS) is 10.3. The first kappa shape index (κ1) is 19.9. The Balaban J connectivity index is 1.98. The Morgan fingerprint density at radius 1 is 1.31 bits per heavy atom. The summed E-state index contributed by atoms with van der Waals surface area (Å²) in [7, 11) is 0. The number of hydrogen-bond donors (Lipinski definition) is 2. The van der Waals surface area contributed by atoms with Crippen molar-refractivity contribution in [1.82, 2.24) is 5.32 Å². The van der Waals surface area contributed by atoms with E-state index >= 15 is 0 Å². The SMILES string of the molecule is Cc1sc(NC(=S)NC(=O)c2ccc(OCC(C)C)cc2)c(C#N)c1C. The monoisotopic (exact) mass is 387 g/mol. The summed E-state index contributed by atoms with van der Waals surface area (Å²) < 4.78 is 5.60. The number of hydrogen-bond acceptors (Lipinski definition) is 5. The molecule has 7 heteroatoms. The number of benzene rings is 1. The van der Waals surface area contributed by atoms with Gasteiger partial charge in [-0.1, -0.05) is 13.8 Å². The largest absolute Gasteiger partial charge is 0.493 e. The van der Waals surface area contributed by atoms with Crippen LogP contribution in [0.15, 0.2) is 24.3 Å². The number of amides is 1. The molecule has 0 aliphatic heterocycles. The van der Waals surface area contributed by atoms with Crippen LogP contribution >= 0.6 is 23.6 Å². The highest BCUT2D eigenvalue weighted by Gasteiger charge is 2.15. The molecule has 0 saturated carbocycles. The topological polar surface area (TPSA) is 74.2 Å². The third-order valence-corrected chi connectivity index (χ3v) is 4.98. The molecule has 0 aliphatic rings. The van der Waals surface area contributed by atoms with E-state index in [0.717, 1.165) is 16.2 Å². The molecule has 26 heavy (non-hydrogen) atoms. The molecule has 0 saturated heterocycles. The number of nitriles is 1. The lowest BCUT2D eigenvalue weighted by atomic mass is 10.2. The lowest BCUT2D eigenvalue weighted by molar-refractivity contribution is 0.0977. The summed E-state index contributed by atoms with van der Waals surface area (Å²) in [5, 5.41) is 15.6. The molecule has 0 spiro atoms. The van der Waals surface area contributed by atoms with Gasteiger partial charge in [-0.25, -0.2) is 0 Å². The Kier molecular flexibility index (Phi) is 6.72. The molecule has 0 fully saturated rings. The number of ether oxygens (including phenoxy) is 1. The molecule has 2 rings (SSSR count). The molecule has 1 aromatic carbocycles. The van der Waals surface area contributed by atoms with Crippen molar-refractivity contribution in [3.8, 4) is 11.8 Å². The molecule has 0 bridgehead atoms. The van der Waals surface area contributed by atoms with Gasteiger partial charge in [0.1, 0.15) is 16.8 Å². The van der Waals surface area contributed by atoms with Crippen LogP contribution < -0.4 is 15.4 Å². The van der Waals surface area contributed by atoms with E-state index < -0.39 is 0 Å². The van der Waals surface area contributed by atoms with Gasteiger partial charge in [0.2, 0.25) is 0 Å². The molecule has 2 aromatic rings. The number of nitrogens with zero attached hydrogens (tertiary/aromatic N) is 1. The minimum atomic E-state index is -0.318. The van der Waals surface area contributed by atoms with Crippen molar-refractivity contribution in [2.45, 2.75) is 27.7 Å². The van der Waals surface area contributed by atoms with Gasteiger partial charge in [-0.3, -0.25) is 10.1 Å². The smallest absolute Gasteiger partial charge is 0.257 e. The molecule has 136 valence electrons. The van der Waals surface area contributed by atoms with Crippen LogP contribution in [0.25, 0.3) is 0 Å². The zero-order valence-corrected chi connectivity index (χ0v) is 16.8. The number of aryl methyl sites for hydroxylation is 1. The molecule has 0 atom stereocenters. The van der Waals surface area contributed by atoms with Gasteiger partial charge < -0.3 is 10.1 Å². The molecular weight excluding hydrogens is 366 g/mol. The zero-order chi connectivity index (χ0) is 19.3. The molecule has 1 aromatic heterocycles. The van der Waals surface area contributed by atoms with E-state index in [0.29, 0.717) is 28.7 Å². The molecule has 1 amide bonds. The fourth-order valence-corrected chi connectivity index (χ4v) is 3.40. The lowest BCUT2D eigenvalue weighted by Gasteiger charge is -2.10. The van der Waals surface area contributed by atoms with Crippen molar-refractivity contribution in [3.63, 3.8) is 0 Å². The minimum Gasteiger partial charge on any atom is -0.493 e. The van der Waals surface area contributed by atoms with Crippen molar-refractivity contribution < 1.29 is 9.53 Å². The fraction of sp³-hybridized carbons (Fsp3) is 0.316. The van der Waals surface area contributed by atoms with Crippen LogP contribution in [0.2, 0.25) is 0 Å². The maximum atomic E-state index is 12.3. The van der Waals surface area contributed by atoms with Gasteiger partial charge in [0.05, 0.1) is 12.2 Å². The number of thiophene rings is 1. The summed E-state index contributed by atoms with van der Waals surface area (Å²) in [6.45, 7) is 8.60. The van der Waals surface area contributed by atoms with Crippen molar-refractivity contribution in [3.05, 3.63) is 45.8 Å². The Morgan fingerprint density at radius 2 is 1.96 bits per heavy atom. The summed E-state index contributed by atoms with van der Waals surface area (Å²) in [6, 6.07) is 9.05. The van der Waals surface area contributed by atoms with E-state index in [9.17, 15) is 10.1 Å². The van der Waals surface area contributed by atoms with Gasteiger partial charge in [-0.05, 0) is 61.8 Å². The number of nitrogens with one attached hydrogen (secondary N) is 2. The second-order valence-corrected chi connectivity index (χ2v) is 7.87. The highest BCUT2D eigenvalue weighted by molar-refractivity contribution is 7.80. The number of carbonyl (C=O) groups excluding carboxylic acids is 1. The summed E-state index contributed by atoms with van der Waals surface area (Å²) in [4.78, 5) is 13.3. The van der Waals surface area contributed by atoms with E-state index in [2.05, 4.69) is 30.6 Å². The predicted molar refractivity (Wildman–Crippen MR) is 109 cm³/mol. The zero-order valence-electron chi connectivity index (χ0n) is 15.2. The highest BCUT2D eigenvalue weighted by Crippen LogP contribution is 2.31. The van der Waals surface area contributed by atoms with Crippen LogP contribution in [-0.4, -0.2) is 17.6 Å². The standard InChI is InChI=1S/C19H21N3O2S2/c1-11(2)10-24-15-7-5-14(6-8-15)17(23)21-19(25)22-18-16(9-20)12(3)13(4)26-18/h5-8,11H,10H2,1-4H3,(H2,21,22,23,25). The maximum Gasteiger partial charge on any atom is 0.257 e. The number of carbonyl (C=O) groups is 1. The van der Waals surface area contributed by atoms with Gasteiger partial charge in [0.25, 0.3) is 5.91 Å². The molecule has 0 unspecified atom stereocenters. The summed E-state index contributed by atoms with van der Waals surface area (Å²) in [5.74, 6) is 0.838. The van der Waals surface area contributed by atoms with Crippen molar-refractivity contribution in [2.75, 3.05) is 11.9 Å². The third-order valence-electron chi connectivity index (χ3n) is 3.65. The van der Waals surface area contributed by atoms with E-state index in [-0.39, 0.29) is 11.0 Å². The number of thiocarbonyl (C=S) groups is 1. The van der Waals surface area contributed by atoms with Gasteiger partial charge in [-0.2, -0.15) is 5.26 Å². The van der Waals surface area contributed by atoms with Crippen LogP contribution in [0.3, 0.4) is 0 Å². The summed E-state index contributed by atoms with van der Waals surface area (Å²) >= 11 is 6.64. The summed E-state index contributed by atoms with van der Waals surface area (Å²) in [6.07, 6.45) is 0. The molecule has 0 aliphatic carbocycles. The average molecular weight is 388 g/mol. The van der Waals surface area contributed by atoms with Crippen molar-refractivity contribution in [2.24, 2.45) is 5.92 Å². The number of rotatable bonds is 5. The summed E-state index contributed by atoms with van der Waals surface area (Å²) in [5.41, 5.74) is 1.95. The van der Waals surface area contributed by atoms with E-state index in [1.807, 2.05) is 13.8 Å². The van der Waals surface area contributed by atoms with Gasteiger partial charge in [-0.15, -0.1) is 11.3 Å². The van der Waals surface area contributed by atoms with Crippen molar-refractivity contribution >= 4 is 39.6 Å². The quantitative estimate of drug-likeness (QED) is 0.744. The van der Waals surface area contributed by atoms with Crippen LogP contribution in [-0.2, 0) is 0 Å². The molecule has 0 radical (unpaired) electrons. The van der Waals surface area contributed by atoms with E-state index in [1.165, 1.54) is 11.3 Å². The second kappa shape index (κ2) is 8.79. The number of anilines is 1. The van der Waals surface area contributed by atoms with Gasteiger partial charge in [0, 0.05) is 10.4 Å². The van der Waals surface area contributed by atoms with Crippen molar-refractivity contribution in [1.29, 1.82) is 5.26 Å². The van der Waals surface area contributed by atoms with E-state index in [4.69, 9.17) is 17.0 Å². The average Bonchev–Trinajstić information content (AvgIpc) is 2.86. The van der Waals surface area contributed by atoms with Gasteiger partial charge in [0.15, 0.2) is 5.11 Å².